The topological polar surface area (TPSA) is 54.0 Å². The lowest BCUT2D eigenvalue weighted by molar-refractivity contribution is 0.0938. The molecule has 1 amide bonds. The van der Waals surface area contributed by atoms with E-state index in [1.54, 1.807) is 6.20 Å². The minimum absolute atomic E-state index is 0.0458. The molecule has 1 heterocycles. The summed E-state index contributed by atoms with van der Waals surface area (Å²) in [6, 6.07) is 2.11. The Labute approximate surface area is 128 Å². The first-order chi connectivity index (χ1) is 9.93. The third-order valence-corrected chi connectivity index (χ3v) is 3.45. The van der Waals surface area contributed by atoms with Gasteiger partial charge in [0.05, 0.1) is 11.3 Å². The number of nitrogens with zero attached hydrogens (tertiary/aromatic N) is 1. The fourth-order valence-electron chi connectivity index (χ4n) is 2.28. The minimum Gasteiger partial charge on any atom is -0.385 e. The zero-order chi connectivity index (χ0) is 15.8. The van der Waals surface area contributed by atoms with Crippen molar-refractivity contribution < 1.29 is 4.79 Å². The number of amides is 1. The van der Waals surface area contributed by atoms with E-state index in [4.69, 9.17) is 0 Å². The molecule has 0 bridgehead atoms. The van der Waals surface area contributed by atoms with Crippen molar-refractivity contribution >= 4 is 11.6 Å². The SMILES string of the molecule is CCNc1cc(C)ncc1C(=O)NC(C)CCCC(C)C. The molecule has 2 N–H and O–H groups in total. The summed E-state index contributed by atoms with van der Waals surface area (Å²) >= 11 is 0. The Morgan fingerprint density at radius 1 is 1.29 bits per heavy atom. The maximum Gasteiger partial charge on any atom is 0.255 e. The molecule has 1 rings (SSSR count). The van der Waals surface area contributed by atoms with Gasteiger partial charge in [-0.05, 0) is 39.2 Å². The molecule has 1 unspecified atom stereocenters. The number of hydrogen-bond acceptors (Lipinski definition) is 3. The lowest BCUT2D eigenvalue weighted by Crippen LogP contribution is -2.33. The number of carbonyl (C=O) groups excluding carboxylic acids is 1. The predicted molar refractivity (Wildman–Crippen MR) is 88.8 cm³/mol. The quantitative estimate of drug-likeness (QED) is 0.766. The molecule has 0 saturated heterocycles. The number of rotatable bonds is 8. The van der Waals surface area contributed by atoms with Gasteiger partial charge in [-0.15, -0.1) is 0 Å². The van der Waals surface area contributed by atoms with E-state index >= 15 is 0 Å². The second kappa shape index (κ2) is 8.65. The first-order valence-corrected chi connectivity index (χ1v) is 7.95. The molecule has 0 spiro atoms. The van der Waals surface area contributed by atoms with Crippen LogP contribution in [0, 0.1) is 12.8 Å². The Hall–Kier alpha value is -1.58. The van der Waals surface area contributed by atoms with Gasteiger partial charge in [0.25, 0.3) is 5.91 Å². The summed E-state index contributed by atoms with van der Waals surface area (Å²) in [6.45, 7) is 11.2. The zero-order valence-electron chi connectivity index (χ0n) is 14.0. The first kappa shape index (κ1) is 17.5. The number of nitrogens with one attached hydrogen (secondary N) is 2. The van der Waals surface area contributed by atoms with E-state index in [1.807, 2.05) is 19.9 Å². The van der Waals surface area contributed by atoms with Crippen LogP contribution in [0.2, 0.25) is 0 Å². The number of carbonyl (C=O) groups is 1. The number of aryl methyl sites for hydroxylation is 1. The van der Waals surface area contributed by atoms with Gasteiger partial charge in [-0.2, -0.15) is 0 Å². The molecule has 0 fully saturated rings. The van der Waals surface area contributed by atoms with Gasteiger partial charge >= 0.3 is 0 Å². The second-order valence-electron chi connectivity index (χ2n) is 6.10. The molecule has 4 nitrogen and oxygen atoms in total. The van der Waals surface area contributed by atoms with Crippen LogP contribution >= 0.6 is 0 Å². The largest absolute Gasteiger partial charge is 0.385 e. The van der Waals surface area contributed by atoms with Crippen LogP contribution in [0.3, 0.4) is 0 Å². The van der Waals surface area contributed by atoms with E-state index < -0.39 is 0 Å². The van der Waals surface area contributed by atoms with Crippen molar-refractivity contribution in [3.63, 3.8) is 0 Å². The van der Waals surface area contributed by atoms with Gasteiger partial charge in [0.15, 0.2) is 0 Å². The highest BCUT2D eigenvalue weighted by Crippen LogP contribution is 2.16. The molecule has 118 valence electrons. The van der Waals surface area contributed by atoms with Gasteiger partial charge < -0.3 is 10.6 Å². The molecule has 0 saturated carbocycles. The molecular formula is C17H29N3O. The van der Waals surface area contributed by atoms with Crippen LogP contribution in [-0.4, -0.2) is 23.5 Å². The van der Waals surface area contributed by atoms with E-state index in [1.165, 1.54) is 6.42 Å². The van der Waals surface area contributed by atoms with Gasteiger partial charge in [-0.1, -0.05) is 26.7 Å². The van der Waals surface area contributed by atoms with Crippen molar-refractivity contribution in [3.05, 3.63) is 23.5 Å². The first-order valence-electron chi connectivity index (χ1n) is 7.95. The van der Waals surface area contributed by atoms with Crippen LogP contribution < -0.4 is 10.6 Å². The zero-order valence-corrected chi connectivity index (χ0v) is 14.0. The molecule has 0 aliphatic heterocycles. The number of anilines is 1. The lowest BCUT2D eigenvalue weighted by Gasteiger charge is -2.16. The van der Waals surface area contributed by atoms with Crippen LogP contribution in [0.5, 0.6) is 0 Å². The van der Waals surface area contributed by atoms with Crippen LogP contribution in [0.15, 0.2) is 12.3 Å². The van der Waals surface area contributed by atoms with Crippen molar-refractivity contribution in [1.29, 1.82) is 0 Å². The Kier molecular flexibility index (Phi) is 7.20. The van der Waals surface area contributed by atoms with Gasteiger partial charge in [-0.25, -0.2) is 0 Å². The van der Waals surface area contributed by atoms with E-state index in [9.17, 15) is 4.79 Å². The van der Waals surface area contributed by atoms with Crippen molar-refractivity contribution in [2.75, 3.05) is 11.9 Å². The average Bonchev–Trinajstić information content (AvgIpc) is 2.38. The van der Waals surface area contributed by atoms with Gasteiger partial charge in [0, 0.05) is 24.5 Å². The van der Waals surface area contributed by atoms with Crippen LogP contribution in [0.25, 0.3) is 0 Å². The number of pyridine rings is 1. The van der Waals surface area contributed by atoms with E-state index in [0.717, 1.165) is 36.7 Å². The molecule has 0 aromatic carbocycles. The number of aromatic nitrogens is 1. The van der Waals surface area contributed by atoms with Gasteiger partial charge in [0.2, 0.25) is 0 Å². The molecule has 1 aromatic rings. The average molecular weight is 291 g/mol. The second-order valence-corrected chi connectivity index (χ2v) is 6.10. The molecule has 21 heavy (non-hydrogen) atoms. The fourth-order valence-corrected chi connectivity index (χ4v) is 2.28. The van der Waals surface area contributed by atoms with Crippen molar-refractivity contribution in [3.8, 4) is 0 Å². The molecule has 0 radical (unpaired) electrons. The maximum absolute atomic E-state index is 12.4. The highest BCUT2D eigenvalue weighted by Gasteiger charge is 2.14. The summed E-state index contributed by atoms with van der Waals surface area (Å²) in [5, 5.41) is 6.30. The molecule has 1 aromatic heterocycles. The molecule has 4 heteroatoms. The monoisotopic (exact) mass is 291 g/mol. The van der Waals surface area contributed by atoms with Crippen LogP contribution in [-0.2, 0) is 0 Å². The molecular weight excluding hydrogens is 262 g/mol. The minimum atomic E-state index is -0.0458. The van der Waals surface area contributed by atoms with E-state index in [2.05, 4.69) is 36.4 Å². The molecule has 0 aliphatic carbocycles. The van der Waals surface area contributed by atoms with E-state index in [0.29, 0.717) is 5.56 Å². The lowest BCUT2D eigenvalue weighted by atomic mass is 10.0. The smallest absolute Gasteiger partial charge is 0.255 e. The summed E-state index contributed by atoms with van der Waals surface area (Å²) < 4.78 is 0. The third kappa shape index (κ3) is 6.15. The summed E-state index contributed by atoms with van der Waals surface area (Å²) in [6.07, 6.45) is 5.02. The normalized spacial score (nSPS) is 12.3. The summed E-state index contributed by atoms with van der Waals surface area (Å²) in [5.74, 6) is 0.671. The fraction of sp³-hybridized carbons (Fsp3) is 0.647. The maximum atomic E-state index is 12.4. The predicted octanol–water partition coefficient (Wildman–Crippen LogP) is 3.77. The standard InChI is InChI=1S/C17H29N3O/c1-6-18-16-10-14(5)19-11-15(16)17(21)20-13(4)9-7-8-12(2)3/h10-13H,6-9H2,1-5H3,(H,18,19)(H,20,21). The van der Waals surface area contributed by atoms with Crippen molar-refractivity contribution in [2.45, 2.75) is 59.9 Å². The Balaban J connectivity index is 2.62. The van der Waals surface area contributed by atoms with Crippen LogP contribution in [0.1, 0.15) is 63.0 Å². The number of hydrogen-bond donors (Lipinski definition) is 2. The van der Waals surface area contributed by atoms with Gasteiger partial charge in [-0.3, -0.25) is 9.78 Å². The Bertz CT molecular complexity index is 457. The summed E-state index contributed by atoms with van der Waals surface area (Å²) in [5.41, 5.74) is 2.39. The Morgan fingerprint density at radius 2 is 2.00 bits per heavy atom. The highest BCUT2D eigenvalue weighted by molar-refractivity contribution is 5.99. The third-order valence-electron chi connectivity index (χ3n) is 3.45. The highest BCUT2D eigenvalue weighted by atomic mass is 16.1. The molecule has 0 aliphatic rings. The van der Waals surface area contributed by atoms with Crippen LogP contribution in [0.4, 0.5) is 5.69 Å². The Morgan fingerprint density at radius 3 is 2.62 bits per heavy atom. The van der Waals surface area contributed by atoms with E-state index in [-0.39, 0.29) is 11.9 Å². The molecule has 1 atom stereocenters. The summed E-state index contributed by atoms with van der Waals surface area (Å²) in [4.78, 5) is 16.6. The summed E-state index contributed by atoms with van der Waals surface area (Å²) in [7, 11) is 0. The van der Waals surface area contributed by atoms with Gasteiger partial charge in [0.1, 0.15) is 0 Å². The van der Waals surface area contributed by atoms with Crippen molar-refractivity contribution in [1.82, 2.24) is 10.3 Å². The van der Waals surface area contributed by atoms with Crippen molar-refractivity contribution in [2.24, 2.45) is 5.92 Å².